The van der Waals surface area contributed by atoms with E-state index in [0.29, 0.717) is 11.4 Å². The number of ether oxygens (including phenoxy) is 1. The van der Waals surface area contributed by atoms with Crippen molar-refractivity contribution in [3.63, 3.8) is 0 Å². The first-order valence-corrected chi connectivity index (χ1v) is 6.89. The van der Waals surface area contributed by atoms with Crippen LogP contribution in [0.15, 0.2) is 53.1 Å². The summed E-state index contributed by atoms with van der Waals surface area (Å²) in [5.74, 6) is 0.282. The predicted octanol–water partition coefficient (Wildman–Crippen LogP) is 2.88. The number of nitrogens with one attached hydrogen (secondary N) is 1. The van der Waals surface area contributed by atoms with Crippen molar-refractivity contribution in [1.82, 2.24) is 4.90 Å². The fourth-order valence-electron chi connectivity index (χ4n) is 1.90. The summed E-state index contributed by atoms with van der Waals surface area (Å²) >= 11 is 0. The molecule has 0 aliphatic heterocycles. The lowest BCUT2D eigenvalue weighted by Gasteiger charge is -2.21. The first kappa shape index (κ1) is 15.6. The van der Waals surface area contributed by atoms with Crippen LogP contribution in [0.3, 0.4) is 0 Å². The third kappa shape index (κ3) is 4.66. The van der Waals surface area contributed by atoms with E-state index >= 15 is 0 Å². The lowest BCUT2D eigenvalue weighted by atomic mass is 10.3. The minimum atomic E-state index is -0.364. The molecule has 2 aromatic rings. The van der Waals surface area contributed by atoms with Crippen LogP contribution in [0.2, 0.25) is 0 Å². The van der Waals surface area contributed by atoms with Crippen molar-refractivity contribution < 1.29 is 18.7 Å². The lowest BCUT2D eigenvalue weighted by Crippen LogP contribution is -2.36. The van der Waals surface area contributed by atoms with Crippen LogP contribution in [0.4, 0.5) is 10.5 Å². The van der Waals surface area contributed by atoms with Gasteiger partial charge in [0.2, 0.25) is 0 Å². The third-order valence-electron chi connectivity index (χ3n) is 3.05. The summed E-state index contributed by atoms with van der Waals surface area (Å²) in [6, 6.07) is 12.4. The second kappa shape index (κ2) is 7.87. The fourth-order valence-corrected chi connectivity index (χ4v) is 1.90. The van der Waals surface area contributed by atoms with E-state index < -0.39 is 0 Å². The van der Waals surface area contributed by atoms with E-state index in [1.165, 1.54) is 12.0 Å². The molecule has 1 heterocycles. The highest BCUT2D eigenvalue weighted by Crippen LogP contribution is 2.11. The molecule has 0 atom stereocenters. The summed E-state index contributed by atoms with van der Waals surface area (Å²) in [7, 11) is 1.32. The normalized spacial score (nSPS) is 10.0. The number of furan rings is 1. The molecule has 1 N–H and O–H groups in total. The summed E-state index contributed by atoms with van der Waals surface area (Å²) in [4.78, 5) is 25.2. The van der Waals surface area contributed by atoms with Gasteiger partial charge in [-0.1, -0.05) is 18.2 Å². The number of benzene rings is 1. The quantitative estimate of drug-likeness (QED) is 0.833. The number of hydrogen-bond acceptors (Lipinski definition) is 4. The van der Waals surface area contributed by atoms with Gasteiger partial charge in [0.05, 0.1) is 26.3 Å². The Balaban J connectivity index is 2.01. The monoisotopic (exact) mass is 302 g/mol. The molecule has 1 aromatic carbocycles. The number of nitrogens with zero attached hydrogens (tertiary/aromatic N) is 1. The molecule has 2 rings (SSSR count). The molecule has 22 heavy (non-hydrogen) atoms. The van der Waals surface area contributed by atoms with Gasteiger partial charge < -0.3 is 19.4 Å². The van der Waals surface area contributed by atoms with Crippen molar-refractivity contribution in [3.8, 4) is 0 Å². The number of carbonyl (C=O) groups is 2. The molecule has 2 amide bonds. The predicted molar refractivity (Wildman–Crippen MR) is 81.2 cm³/mol. The van der Waals surface area contributed by atoms with Gasteiger partial charge in [0.15, 0.2) is 0 Å². The molecule has 0 unspecified atom stereocenters. The first-order chi connectivity index (χ1) is 10.7. The number of para-hydroxylation sites is 1. The molecule has 0 saturated carbocycles. The maximum Gasteiger partial charge on any atom is 0.322 e. The van der Waals surface area contributed by atoms with Crippen LogP contribution >= 0.6 is 0 Å². The van der Waals surface area contributed by atoms with Gasteiger partial charge in [-0.25, -0.2) is 4.79 Å². The number of methoxy groups -OCH3 is 1. The molecule has 116 valence electrons. The van der Waals surface area contributed by atoms with Crippen LogP contribution in [0.25, 0.3) is 0 Å². The molecule has 6 heteroatoms. The lowest BCUT2D eigenvalue weighted by molar-refractivity contribution is -0.140. The van der Waals surface area contributed by atoms with E-state index in [1.54, 1.807) is 30.5 Å². The third-order valence-corrected chi connectivity index (χ3v) is 3.05. The van der Waals surface area contributed by atoms with Gasteiger partial charge in [-0.15, -0.1) is 0 Å². The standard InChI is InChI=1S/C16H18N2O4/c1-21-15(19)9-10-18(12-14-8-5-11-22-14)16(20)17-13-6-3-2-4-7-13/h2-8,11H,9-10,12H2,1H3,(H,17,20). The summed E-state index contributed by atoms with van der Waals surface area (Å²) in [5, 5.41) is 2.79. The van der Waals surface area contributed by atoms with Crippen molar-refractivity contribution in [2.24, 2.45) is 0 Å². The van der Waals surface area contributed by atoms with E-state index in [9.17, 15) is 9.59 Å². The van der Waals surface area contributed by atoms with Crippen molar-refractivity contribution in [2.75, 3.05) is 19.0 Å². The molecule has 0 saturated heterocycles. The van der Waals surface area contributed by atoms with Crippen molar-refractivity contribution in [2.45, 2.75) is 13.0 Å². The van der Waals surface area contributed by atoms with Crippen LogP contribution in [-0.2, 0) is 16.1 Å². The van der Waals surface area contributed by atoms with Gasteiger partial charge in [0, 0.05) is 12.2 Å². The largest absolute Gasteiger partial charge is 0.469 e. The van der Waals surface area contributed by atoms with Crippen molar-refractivity contribution in [1.29, 1.82) is 0 Å². The second-order valence-corrected chi connectivity index (χ2v) is 4.62. The highest BCUT2D eigenvalue weighted by atomic mass is 16.5. The maximum absolute atomic E-state index is 12.4. The van der Waals surface area contributed by atoms with Crippen molar-refractivity contribution in [3.05, 3.63) is 54.5 Å². The molecule has 0 radical (unpaired) electrons. The molecule has 0 spiro atoms. The van der Waals surface area contributed by atoms with Crippen LogP contribution in [0, 0.1) is 0 Å². The molecule has 6 nitrogen and oxygen atoms in total. The Bertz CT molecular complexity index is 596. The van der Waals surface area contributed by atoms with Gasteiger partial charge in [0.25, 0.3) is 0 Å². The SMILES string of the molecule is COC(=O)CCN(Cc1ccco1)C(=O)Nc1ccccc1. The smallest absolute Gasteiger partial charge is 0.322 e. The molecule has 0 aliphatic rings. The number of amides is 2. The maximum atomic E-state index is 12.4. The summed E-state index contributed by atoms with van der Waals surface area (Å²) < 4.78 is 9.87. The topological polar surface area (TPSA) is 71.8 Å². The molecule has 0 fully saturated rings. The van der Waals surface area contributed by atoms with Crippen LogP contribution in [0.1, 0.15) is 12.2 Å². The summed E-state index contributed by atoms with van der Waals surface area (Å²) in [6.45, 7) is 0.523. The van der Waals surface area contributed by atoms with E-state index in [0.717, 1.165) is 0 Å². The van der Waals surface area contributed by atoms with Gasteiger partial charge >= 0.3 is 12.0 Å². The van der Waals surface area contributed by atoms with Gasteiger partial charge in [-0.2, -0.15) is 0 Å². The van der Waals surface area contributed by atoms with Crippen LogP contribution in [-0.4, -0.2) is 30.6 Å². The Morgan fingerprint density at radius 2 is 1.95 bits per heavy atom. The minimum Gasteiger partial charge on any atom is -0.469 e. The Hall–Kier alpha value is -2.76. The van der Waals surface area contributed by atoms with Gasteiger partial charge in [0.1, 0.15) is 5.76 Å². The molecular weight excluding hydrogens is 284 g/mol. The number of anilines is 1. The Morgan fingerprint density at radius 1 is 1.18 bits per heavy atom. The van der Waals surface area contributed by atoms with E-state index in [2.05, 4.69) is 10.1 Å². The van der Waals surface area contributed by atoms with Crippen molar-refractivity contribution >= 4 is 17.7 Å². The Kier molecular flexibility index (Phi) is 5.59. The van der Waals surface area contributed by atoms with Crippen LogP contribution < -0.4 is 5.32 Å². The highest BCUT2D eigenvalue weighted by molar-refractivity contribution is 5.89. The van der Waals surface area contributed by atoms with Gasteiger partial charge in [-0.05, 0) is 24.3 Å². The Morgan fingerprint density at radius 3 is 2.59 bits per heavy atom. The average molecular weight is 302 g/mol. The number of rotatable bonds is 6. The second-order valence-electron chi connectivity index (χ2n) is 4.62. The summed E-state index contributed by atoms with van der Waals surface area (Å²) in [6.07, 6.45) is 1.67. The Labute approximate surface area is 128 Å². The zero-order valence-electron chi connectivity index (χ0n) is 12.3. The average Bonchev–Trinajstić information content (AvgIpc) is 3.05. The molecule has 1 aromatic heterocycles. The number of esters is 1. The van der Waals surface area contributed by atoms with Crippen LogP contribution in [0.5, 0.6) is 0 Å². The van der Waals surface area contributed by atoms with E-state index in [-0.39, 0.29) is 31.5 Å². The zero-order chi connectivity index (χ0) is 15.8. The summed E-state index contributed by atoms with van der Waals surface area (Å²) in [5.41, 5.74) is 0.690. The minimum absolute atomic E-state index is 0.124. The first-order valence-electron chi connectivity index (χ1n) is 6.89. The fraction of sp³-hybridized carbons (Fsp3) is 0.250. The molecule has 0 aliphatic carbocycles. The number of hydrogen-bond donors (Lipinski definition) is 1. The van der Waals surface area contributed by atoms with E-state index in [4.69, 9.17) is 4.42 Å². The zero-order valence-corrected chi connectivity index (χ0v) is 12.3. The number of urea groups is 1. The van der Waals surface area contributed by atoms with Gasteiger partial charge in [-0.3, -0.25) is 4.79 Å². The number of carbonyl (C=O) groups excluding carboxylic acids is 2. The highest BCUT2D eigenvalue weighted by Gasteiger charge is 2.17. The van der Waals surface area contributed by atoms with E-state index in [1.807, 2.05) is 18.2 Å². The molecule has 0 bridgehead atoms. The molecular formula is C16H18N2O4.